The Labute approximate surface area is 161 Å². The number of carbonyl (C=O) groups excluding carboxylic acids is 1. The minimum absolute atomic E-state index is 0.0808. The molecule has 0 aliphatic rings. The Bertz CT molecular complexity index is 948. The summed E-state index contributed by atoms with van der Waals surface area (Å²) in [6.45, 7) is 0. The maximum absolute atomic E-state index is 13.2. The molecule has 0 atom stereocenters. The molecular weight excluding hydrogens is 369 g/mol. The molecule has 1 aromatic heterocycles. The van der Waals surface area contributed by atoms with Crippen LogP contribution < -0.4 is 15.4 Å². The zero-order chi connectivity index (χ0) is 19.2. The number of carbonyl (C=O) groups is 1. The number of methoxy groups -OCH3 is 1. The summed E-state index contributed by atoms with van der Waals surface area (Å²) in [5, 5.41) is 6.42. The number of halogens is 2. The van der Waals surface area contributed by atoms with Gasteiger partial charge in [0.2, 0.25) is 5.91 Å². The van der Waals surface area contributed by atoms with Crippen molar-refractivity contribution in [2.45, 2.75) is 6.42 Å². The van der Waals surface area contributed by atoms with Gasteiger partial charge in [-0.2, -0.15) is 0 Å². The summed E-state index contributed by atoms with van der Waals surface area (Å²) < 4.78 is 18.5. The van der Waals surface area contributed by atoms with Gasteiger partial charge in [-0.05, 0) is 48.0 Å². The number of amides is 1. The second-order valence-corrected chi connectivity index (χ2v) is 6.19. The van der Waals surface area contributed by atoms with Gasteiger partial charge in [0, 0.05) is 5.02 Å². The molecule has 7 heteroatoms. The van der Waals surface area contributed by atoms with E-state index in [1.54, 1.807) is 49.6 Å². The van der Waals surface area contributed by atoms with Crippen molar-refractivity contribution in [3.05, 3.63) is 77.2 Å². The van der Waals surface area contributed by atoms with Crippen molar-refractivity contribution >= 4 is 34.7 Å². The lowest BCUT2D eigenvalue weighted by Crippen LogP contribution is -2.14. The van der Waals surface area contributed by atoms with Gasteiger partial charge in [0.1, 0.15) is 17.4 Å². The lowest BCUT2D eigenvalue weighted by Gasteiger charge is -2.11. The van der Waals surface area contributed by atoms with Crippen LogP contribution in [0.4, 0.5) is 21.6 Å². The first-order chi connectivity index (χ1) is 13.0. The molecule has 0 aliphatic carbocycles. The highest BCUT2D eigenvalue weighted by molar-refractivity contribution is 6.31. The van der Waals surface area contributed by atoms with E-state index in [1.807, 2.05) is 0 Å². The summed E-state index contributed by atoms with van der Waals surface area (Å²) >= 11 is 6.01. The monoisotopic (exact) mass is 385 g/mol. The van der Waals surface area contributed by atoms with Crippen molar-refractivity contribution in [1.82, 2.24) is 4.98 Å². The molecule has 0 fully saturated rings. The second-order valence-electron chi connectivity index (χ2n) is 5.76. The fourth-order valence-electron chi connectivity index (χ4n) is 2.50. The average Bonchev–Trinajstić information content (AvgIpc) is 2.63. The smallest absolute Gasteiger partial charge is 0.228 e. The van der Waals surface area contributed by atoms with Gasteiger partial charge in [0.25, 0.3) is 0 Å². The van der Waals surface area contributed by atoms with Crippen LogP contribution in [0.15, 0.2) is 60.8 Å². The van der Waals surface area contributed by atoms with Crippen molar-refractivity contribution in [3.63, 3.8) is 0 Å². The highest BCUT2D eigenvalue weighted by atomic mass is 35.5. The molecule has 1 amide bonds. The number of ether oxygens (including phenoxy) is 1. The molecule has 0 saturated carbocycles. The topological polar surface area (TPSA) is 63.2 Å². The Morgan fingerprint density at radius 3 is 2.74 bits per heavy atom. The van der Waals surface area contributed by atoms with E-state index in [0.717, 1.165) is 0 Å². The van der Waals surface area contributed by atoms with E-state index < -0.39 is 0 Å². The van der Waals surface area contributed by atoms with Crippen molar-refractivity contribution in [3.8, 4) is 5.75 Å². The third kappa shape index (κ3) is 5.18. The summed E-state index contributed by atoms with van der Waals surface area (Å²) in [4.78, 5) is 16.4. The number of hydrogen-bond donors (Lipinski definition) is 2. The predicted octanol–water partition coefficient (Wildman–Crippen LogP) is 4.81. The molecule has 0 saturated heterocycles. The number of nitrogens with one attached hydrogen (secondary N) is 2. The molecular formula is C20H17ClFN3O2. The predicted molar refractivity (Wildman–Crippen MR) is 104 cm³/mol. The molecule has 3 rings (SSSR count). The van der Waals surface area contributed by atoms with Crippen LogP contribution in [-0.2, 0) is 11.2 Å². The number of benzene rings is 2. The minimum Gasteiger partial charge on any atom is -0.495 e. The Morgan fingerprint density at radius 2 is 2.04 bits per heavy atom. The zero-order valence-electron chi connectivity index (χ0n) is 14.5. The maximum Gasteiger partial charge on any atom is 0.228 e. The normalized spacial score (nSPS) is 10.3. The Balaban J connectivity index is 1.63. The van der Waals surface area contributed by atoms with Crippen molar-refractivity contribution in [2.24, 2.45) is 0 Å². The Kier molecular flexibility index (Phi) is 5.88. The number of aromatic nitrogens is 1. The molecule has 27 heavy (non-hydrogen) atoms. The van der Waals surface area contributed by atoms with Crippen LogP contribution in [0, 0.1) is 5.82 Å². The molecule has 2 N–H and O–H groups in total. The quantitative estimate of drug-likeness (QED) is 0.639. The SMILES string of the molecule is COc1ccc(Cl)cc1Nc1ccc(NC(=O)Cc2cccc(F)c2)cn1. The average molecular weight is 386 g/mol. The van der Waals surface area contributed by atoms with E-state index in [9.17, 15) is 9.18 Å². The summed E-state index contributed by atoms with van der Waals surface area (Å²) in [6.07, 6.45) is 1.61. The minimum atomic E-state index is -0.367. The van der Waals surface area contributed by atoms with Gasteiger partial charge in [0.05, 0.1) is 31.1 Å². The Morgan fingerprint density at radius 1 is 1.19 bits per heavy atom. The number of anilines is 3. The lowest BCUT2D eigenvalue weighted by atomic mass is 10.1. The van der Waals surface area contributed by atoms with E-state index in [2.05, 4.69) is 15.6 Å². The van der Waals surface area contributed by atoms with Crippen LogP contribution >= 0.6 is 11.6 Å². The van der Waals surface area contributed by atoms with Crippen LogP contribution in [0.25, 0.3) is 0 Å². The third-order valence-corrected chi connectivity index (χ3v) is 3.96. The number of hydrogen-bond acceptors (Lipinski definition) is 4. The largest absolute Gasteiger partial charge is 0.495 e. The van der Waals surface area contributed by atoms with Crippen LogP contribution in [0.1, 0.15) is 5.56 Å². The second kappa shape index (κ2) is 8.51. The molecule has 0 radical (unpaired) electrons. The molecule has 0 aliphatic heterocycles. The summed E-state index contributed by atoms with van der Waals surface area (Å²) in [7, 11) is 1.57. The van der Waals surface area contributed by atoms with Crippen LogP contribution in [-0.4, -0.2) is 18.0 Å². The lowest BCUT2D eigenvalue weighted by molar-refractivity contribution is -0.115. The first kappa shape index (κ1) is 18.7. The zero-order valence-corrected chi connectivity index (χ0v) is 15.3. The van der Waals surface area contributed by atoms with Gasteiger partial charge >= 0.3 is 0 Å². The molecule has 3 aromatic rings. The number of pyridine rings is 1. The summed E-state index contributed by atoms with van der Waals surface area (Å²) in [6, 6.07) is 14.6. The van der Waals surface area contributed by atoms with Crippen molar-refractivity contribution in [1.29, 1.82) is 0 Å². The van der Waals surface area contributed by atoms with Gasteiger partial charge in [-0.1, -0.05) is 23.7 Å². The van der Waals surface area contributed by atoms with Gasteiger partial charge in [-0.15, -0.1) is 0 Å². The van der Waals surface area contributed by atoms with Crippen LogP contribution in [0.2, 0.25) is 5.02 Å². The maximum atomic E-state index is 13.2. The van der Waals surface area contributed by atoms with Crippen molar-refractivity contribution in [2.75, 3.05) is 17.7 Å². The Hall–Kier alpha value is -3.12. The first-order valence-electron chi connectivity index (χ1n) is 8.14. The van der Waals surface area contributed by atoms with Gasteiger partial charge in [-0.3, -0.25) is 4.79 Å². The third-order valence-electron chi connectivity index (χ3n) is 3.73. The molecule has 0 spiro atoms. The summed E-state index contributed by atoms with van der Waals surface area (Å²) in [5.41, 5.74) is 1.83. The van der Waals surface area contributed by atoms with Gasteiger partial charge in [0.15, 0.2) is 0 Å². The van der Waals surface area contributed by atoms with Crippen LogP contribution in [0.5, 0.6) is 5.75 Å². The fourth-order valence-corrected chi connectivity index (χ4v) is 2.67. The van der Waals surface area contributed by atoms with E-state index in [4.69, 9.17) is 16.3 Å². The molecule has 2 aromatic carbocycles. The summed E-state index contributed by atoms with van der Waals surface area (Å²) in [5.74, 6) is 0.584. The van der Waals surface area contributed by atoms with Gasteiger partial charge in [-0.25, -0.2) is 9.37 Å². The molecule has 0 unspecified atom stereocenters. The van der Waals surface area contributed by atoms with Gasteiger partial charge < -0.3 is 15.4 Å². The van der Waals surface area contributed by atoms with E-state index in [1.165, 1.54) is 18.3 Å². The highest BCUT2D eigenvalue weighted by Crippen LogP contribution is 2.30. The highest BCUT2D eigenvalue weighted by Gasteiger charge is 2.07. The first-order valence-corrected chi connectivity index (χ1v) is 8.52. The number of rotatable bonds is 6. The number of nitrogens with zero attached hydrogens (tertiary/aromatic N) is 1. The molecule has 0 bridgehead atoms. The fraction of sp³-hybridized carbons (Fsp3) is 0.100. The standard InChI is InChI=1S/C20H17ClFN3O2/c1-27-18-7-5-14(21)11-17(18)25-19-8-6-16(12-23-19)24-20(26)10-13-3-2-4-15(22)9-13/h2-9,11-12H,10H2,1H3,(H,23,25)(H,24,26). The molecule has 5 nitrogen and oxygen atoms in total. The molecule has 138 valence electrons. The molecule has 1 heterocycles. The van der Waals surface area contributed by atoms with Crippen molar-refractivity contribution < 1.29 is 13.9 Å². The van der Waals surface area contributed by atoms with E-state index in [-0.39, 0.29) is 18.1 Å². The van der Waals surface area contributed by atoms with Crippen LogP contribution in [0.3, 0.4) is 0 Å². The van der Waals surface area contributed by atoms with E-state index in [0.29, 0.717) is 33.5 Å². The van der Waals surface area contributed by atoms with E-state index >= 15 is 0 Å².